The van der Waals surface area contributed by atoms with Gasteiger partial charge in [-0.3, -0.25) is 0 Å². The van der Waals surface area contributed by atoms with Gasteiger partial charge in [-0.25, -0.2) is 0 Å². The van der Waals surface area contributed by atoms with Crippen LogP contribution < -0.4 is 11.5 Å². The molecule has 0 unspecified atom stereocenters. The Kier molecular flexibility index (Phi) is 4.32. The summed E-state index contributed by atoms with van der Waals surface area (Å²) in [5.41, 5.74) is 12.4. The van der Waals surface area contributed by atoms with Gasteiger partial charge in [-0.2, -0.15) is 15.0 Å². The molecule has 0 saturated carbocycles. The highest BCUT2D eigenvalue weighted by Crippen LogP contribution is 2.34. The van der Waals surface area contributed by atoms with E-state index in [1.165, 1.54) is 21.3 Å². The second kappa shape index (κ2) is 6.00. The van der Waals surface area contributed by atoms with Crippen LogP contribution in [0.15, 0.2) is 24.3 Å². The third kappa shape index (κ3) is 2.77. The Bertz CT molecular complexity index is 602. The molecule has 21 heavy (non-hydrogen) atoms. The summed E-state index contributed by atoms with van der Waals surface area (Å²) in [6, 6.07) is 7.21. The Labute approximate surface area is 122 Å². The minimum atomic E-state index is -1.38. The molecule has 0 saturated heterocycles. The minimum absolute atomic E-state index is 0.0325. The van der Waals surface area contributed by atoms with E-state index >= 15 is 0 Å². The second-order valence-electron chi connectivity index (χ2n) is 4.09. The third-order valence-corrected chi connectivity index (χ3v) is 2.97. The second-order valence-corrected chi connectivity index (χ2v) is 4.09. The zero-order valence-corrected chi connectivity index (χ0v) is 12.0. The molecule has 0 aliphatic heterocycles. The van der Waals surface area contributed by atoms with Crippen molar-refractivity contribution in [2.24, 2.45) is 0 Å². The van der Waals surface area contributed by atoms with Crippen LogP contribution in [0, 0.1) is 0 Å². The van der Waals surface area contributed by atoms with E-state index in [0.717, 1.165) is 0 Å². The van der Waals surface area contributed by atoms with E-state index in [1.807, 2.05) is 12.1 Å². The topological polar surface area (TPSA) is 118 Å². The Morgan fingerprint density at radius 1 is 0.857 bits per heavy atom. The molecule has 1 heterocycles. The number of aromatic nitrogens is 3. The predicted octanol–water partition coefficient (Wildman–Crippen LogP) is 0.752. The van der Waals surface area contributed by atoms with Crippen LogP contribution in [0.3, 0.4) is 0 Å². The van der Waals surface area contributed by atoms with Gasteiger partial charge in [0.05, 0.1) is 5.56 Å². The first-order valence-electron chi connectivity index (χ1n) is 6.08. The van der Waals surface area contributed by atoms with Crippen LogP contribution in [0.1, 0.15) is 5.56 Å². The van der Waals surface area contributed by atoms with Crippen molar-refractivity contribution in [3.63, 3.8) is 0 Å². The van der Waals surface area contributed by atoms with Gasteiger partial charge in [0.1, 0.15) is 0 Å². The van der Waals surface area contributed by atoms with E-state index in [9.17, 15) is 0 Å². The van der Waals surface area contributed by atoms with Crippen molar-refractivity contribution in [1.29, 1.82) is 0 Å². The van der Waals surface area contributed by atoms with Gasteiger partial charge < -0.3 is 25.7 Å². The SMILES string of the molecule is COC(OC)(OC)c1ccccc1-c1nc(N)nc(N)n1. The van der Waals surface area contributed by atoms with Crippen LogP contribution in [0.2, 0.25) is 0 Å². The molecule has 0 bridgehead atoms. The van der Waals surface area contributed by atoms with Crippen molar-refractivity contribution >= 4 is 11.9 Å². The fraction of sp³-hybridized carbons (Fsp3) is 0.308. The van der Waals surface area contributed by atoms with Crippen LogP contribution in [0.25, 0.3) is 11.4 Å². The summed E-state index contributed by atoms with van der Waals surface area (Å²) in [7, 11) is 4.42. The summed E-state index contributed by atoms with van der Waals surface area (Å²) >= 11 is 0. The van der Waals surface area contributed by atoms with E-state index in [0.29, 0.717) is 17.0 Å². The van der Waals surface area contributed by atoms with Gasteiger partial charge in [0.25, 0.3) is 0 Å². The molecule has 1 aromatic heterocycles. The molecule has 8 heteroatoms. The fourth-order valence-corrected chi connectivity index (χ4v) is 2.05. The highest BCUT2D eigenvalue weighted by atomic mass is 16.9. The zero-order chi connectivity index (χ0) is 15.5. The number of nitrogen functional groups attached to an aromatic ring is 2. The van der Waals surface area contributed by atoms with Gasteiger partial charge in [0.2, 0.25) is 11.9 Å². The zero-order valence-electron chi connectivity index (χ0n) is 12.0. The molecule has 2 aromatic rings. The normalized spacial score (nSPS) is 11.6. The number of benzene rings is 1. The maximum atomic E-state index is 5.62. The van der Waals surface area contributed by atoms with E-state index in [-0.39, 0.29) is 11.9 Å². The summed E-state index contributed by atoms with van der Waals surface area (Å²) in [5, 5.41) is 0. The summed E-state index contributed by atoms with van der Waals surface area (Å²) in [6.07, 6.45) is 0. The number of hydrogen-bond acceptors (Lipinski definition) is 8. The molecule has 1 aromatic carbocycles. The average molecular weight is 291 g/mol. The lowest BCUT2D eigenvalue weighted by atomic mass is 10.0. The largest absolute Gasteiger partial charge is 0.368 e. The number of anilines is 2. The maximum absolute atomic E-state index is 5.62. The molecule has 8 nitrogen and oxygen atoms in total. The number of hydrogen-bond donors (Lipinski definition) is 2. The van der Waals surface area contributed by atoms with E-state index < -0.39 is 5.97 Å². The van der Waals surface area contributed by atoms with Gasteiger partial charge in [-0.05, 0) is 0 Å². The molecule has 0 radical (unpaired) electrons. The quantitative estimate of drug-likeness (QED) is 0.775. The van der Waals surface area contributed by atoms with Crippen LogP contribution in [-0.4, -0.2) is 36.3 Å². The molecule has 0 amide bonds. The molecular formula is C13H17N5O3. The molecular weight excluding hydrogens is 274 g/mol. The number of ether oxygens (including phenoxy) is 3. The van der Waals surface area contributed by atoms with E-state index in [1.54, 1.807) is 12.1 Å². The standard InChI is InChI=1S/C13H17N5O3/c1-19-13(20-2,21-3)9-7-5-4-6-8(9)10-16-11(14)18-12(15)17-10/h4-7H,1-3H3,(H4,14,15,16,17,18). The fourth-order valence-electron chi connectivity index (χ4n) is 2.05. The van der Waals surface area contributed by atoms with Crippen LogP contribution >= 0.6 is 0 Å². The van der Waals surface area contributed by atoms with E-state index in [2.05, 4.69) is 15.0 Å². The molecule has 0 atom stereocenters. The summed E-state index contributed by atoms with van der Waals surface area (Å²) in [6.45, 7) is 0. The maximum Gasteiger partial charge on any atom is 0.311 e. The first-order valence-corrected chi connectivity index (χ1v) is 6.08. The van der Waals surface area contributed by atoms with Crippen LogP contribution in [-0.2, 0) is 20.2 Å². The lowest BCUT2D eigenvalue weighted by molar-refractivity contribution is -0.364. The highest BCUT2D eigenvalue weighted by Gasteiger charge is 2.35. The Morgan fingerprint density at radius 3 is 1.90 bits per heavy atom. The molecule has 112 valence electrons. The lowest BCUT2D eigenvalue weighted by Crippen LogP contribution is -2.33. The van der Waals surface area contributed by atoms with Crippen molar-refractivity contribution in [3.05, 3.63) is 29.8 Å². The Morgan fingerprint density at radius 2 is 1.38 bits per heavy atom. The monoisotopic (exact) mass is 291 g/mol. The van der Waals surface area contributed by atoms with Crippen molar-refractivity contribution in [3.8, 4) is 11.4 Å². The molecule has 0 aliphatic carbocycles. The Balaban J connectivity index is 2.65. The molecule has 0 aliphatic rings. The summed E-state index contributed by atoms with van der Waals surface area (Å²) in [5.74, 6) is -1.01. The van der Waals surface area contributed by atoms with Gasteiger partial charge in [-0.15, -0.1) is 0 Å². The van der Waals surface area contributed by atoms with Gasteiger partial charge in [0, 0.05) is 26.9 Å². The first-order chi connectivity index (χ1) is 10.1. The number of nitrogens with zero attached hydrogens (tertiary/aromatic N) is 3. The van der Waals surface area contributed by atoms with Crippen LogP contribution in [0.4, 0.5) is 11.9 Å². The average Bonchev–Trinajstić information content (AvgIpc) is 2.49. The summed E-state index contributed by atoms with van der Waals surface area (Å²) < 4.78 is 16.1. The van der Waals surface area contributed by atoms with Gasteiger partial charge >= 0.3 is 5.97 Å². The molecule has 2 rings (SSSR count). The smallest absolute Gasteiger partial charge is 0.311 e. The minimum Gasteiger partial charge on any atom is -0.368 e. The van der Waals surface area contributed by atoms with Crippen molar-refractivity contribution in [1.82, 2.24) is 15.0 Å². The lowest BCUT2D eigenvalue weighted by Gasteiger charge is -2.30. The molecule has 4 N–H and O–H groups in total. The van der Waals surface area contributed by atoms with Crippen molar-refractivity contribution in [2.45, 2.75) is 5.97 Å². The first kappa shape index (κ1) is 15.1. The van der Waals surface area contributed by atoms with E-state index in [4.69, 9.17) is 25.7 Å². The van der Waals surface area contributed by atoms with Gasteiger partial charge in [-0.1, -0.05) is 24.3 Å². The number of methoxy groups -OCH3 is 3. The highest BCUT2D eigenvalue weighted by molar-refractivity contribution is 5.62. The van der Waals surface area contributed by atoms with Crippen LogP contribution in [0.5, 0.6) is 0 Å². The summed E-state index contributed by atoms with van der Waals surface area (Å²) in [4.78, 5) is 11.9. The Hall–Kier alpha value is -2.29. The van der Waals surface area contributed by atoms with Crippen molar-refractivity contribution < 1.29 is 14.2 Å². The third-order valence-electron chi connectivity index (χ3n) is 2.97. The van der Waals surface area contributed by atoms with Gasteiger partial charge in [0.15, 0.2) is 5.82 Å². The van der Waals surface area contributed by atoms with Crippen molar-refractivity contribution in [2.75, 3.05) is 32.8 Å². The molecule has 0 spiro atoms. The number of rotatable bonds is 5. The molecule has 0 fully saturated rings. The predicted molar refractivity (Wildman–Crippen MR) is 76.8 cm³/mol. The number of nitrogens with two attached hydrogens (primary N) is 2.